The first-order valence-electron chi connectivity index (χ1n) is 7.56. The Morgan fingerprint density at radius 2 is 1.68 bits per heavy atom. The van der Waals surface area contributed by atoms with Crippen LogP contribution in [-0.4, -0.2) is 32.3 Å². The molecular weight excluding hydrogens is 291 g/mol. The van der Waals surface area contributed by atoms with E-state index in [4.69, 9.17) is 0 Å². The molecule has 0 saturated carbocycles. The highest BCUT2D eigenvalue weighted by Gasteiger charge is 2.26. The minimum atomic E-state index is -4.14. The molecule has 124 valence electrons. The smallest absolute Gasteiger partial charge is 0.356 e. The molecule has 0 bridgehead atoms. The van der Waals surface area contributed by atoms with Gasteiger partial charge in [0.25, 0.3) is 0 Å². The first kappa shape index (κ1) is 18.3. The van der Waals surface area contributed by atoms with Crippen LogP contribution in [0.2, 0.25) is 0 Å². The topological polar surface area (TPSA) is 36.4 Å². The van der Waals surface area contributed by atoms with E-state index in [0.29, 0.717) is 12.5 Å². The Kier molecular flexibility index (Phi) is 8.40. The summed E-state index contributed by atoms with van der Waals surface area (Å²) in [6.45, 7) is 0.553. The first-order valence-corrected chi connectivity index (χ1v) is 7.56. The number of rotatable bonds is 8. The van der Waals surface area contributed by atoms with E-state index in [2.05, 4.69) is 27.8 Å². The molecule has 0 radical (unpaired) electrons. The lowest BCUT2D eigenvalue weighted by Gasteiger charge is -2.12. The van der Waals surface area contributed by atoms with Crippen LogP contribution in [0.3, 0.4) is 0 Å². The molecule has 0 aliphatic heterocycles. The van der Waals surface area contributed by atoms with Gasteiger partial charge in [0, 0.05) is 20.1 Å². The van der Waals surface area contributed by atoms with Crippen LogP contribution in [0.4, 0.5) is 13.2 Å². The molecule has 0 aliphatic carbocycles. The molecule has 0 aliphatic rings. The SMILES string of the molecule is CN=C(NCCCCCc1ccccc1)NCCC(F)(F)F. The molecule has 0 aromatic heterocycles. The molecule has 0 heterocycles. The molecule has 3 nitrogen and oxygen atoms in total. The summed E-state index contributed by atoms with van der Waals surface area (Å²) in [6.07, 6.45) is -0.798. The van der Waals surface area contributed by atoms with Crippen molar-refractivity contribution in [1.82, 2.24) is 10.6 Å². The molecule has 0 fully saturated rings. The van der Waals surface area contributed by atoms with E-state index < -0.39 is 12.6 Å². The molecule has 0 amide bonds. The van der Waals surface area contributed by atoms with Crippen LogP contribution < -0.4 is 10.6 Å². The number of aliphatic imine (C=N–C) groups is 1. The van der Waals surface area contributed by atoms with Crippen molar-refractivity contribution in [3.05, 3.63) is 35.9 Å². The third-order valence-electron chi connectivity index (χ3n) is 3.20. The van der Waals surface area contributed by atoms with Gasteiger partial charge in [-0.3, -0.25) is 4.99 Å². The summed E-state index contributed by atoms with van der Waals surface area (Å²) in [7, 11) is 1.55. The summed E-state index contributed by atoms with van der Waals surface area (Å²) in [5, 5.41) is 5.69. The number of unbranched alkanes of at least 4 members (excludes halogenated alkanes) is 2. The maximum absolute atomic E-state index is 12.0. The summed E-state index contributed by atoms with van der Waals surface area (Å²) in [6, 6.07) is 10.3. The Balaban J connectivity index is 2.05. The molecule has 1 aromatic rings. The van der Waals surface area contributed by atoms with Crippen molar-refractivity contribution in [1.29, 1.82) is 0 Å². The average molecular weight is 315 g/mol. The molecular formula is C16H24F3N3. The van der Waals surface area contributed by atoms with Crippen molar-refractivity contribution in [2.45, 2.75) is 38.3 Å². The molecule has 1 aromatic carbocycles. The van der Waals surface area contributed by atoms with Gasteiger partial charge in [-0.25, -0.2) is 0 Å². The number of aryl methyl sites for hydroxylation is 1. The molecule has 2 N–H and O–H groups in total. The van der Waals surface area contributed by atoms with E-state index in [1.54, 1.807) is 7.05 Å². The summed E-state index contributed by atoms with van der Waals surface area (Å²) in [5.41, 5.74) is 1.33. The van der Waals surface area contributed by atoms with Crippen molar-refractivity contribution in [2.24, 2.45) is 4.99 Å². The summed E-state index contributed by atoms with van der Waals surface area (Å²) in [5.74, 6) is 0.423. The van der Waals surface area contributed by atoms with Crippen molar-refractivity contribution < 1.29 is 13.2 Å². The van der Waals surface area contributed by atoms with E-state index in [9.17, 15) is 13.2 Å². The fourth-order valence-corrected chi connectivity index (χ4v) is 2.03. The Hall–Kier alpha value is -1.72. The minimum Gasteiger partial charge on any atom is -0.356 e. The number of hydrogen-bond donors (Lipinski definition) is 2. The Bertz CT molecular complexity index is 430. The minimum absolute atomic E-state index is 0.156. The van der Waals surface area contributed by atoms with Gasteiger partial charge in [0.1, 0.15) is 0 Å². The van der Waals surface area contributed by atoms with Crippen LogP contribution >= 0.6 is 0 Å². The highest BCUT2D eigenvalue weighted by atomic mass is 19.4. The van der Waals surface area contributed by atoms with Gasteiger partial charge in [-0.1, -0.05) is 36.8 Å². The largest absolute Gasteiger partial charge is 0.390 e. The third-order valence-corrected chi connectivity index (χ3v) is 3.20. The van der Waals surface area contributed by atoms with Gasteiger partial charge in [0.05, 0.1) is 6.42 Å². The van der Waals surface area contributed by atoms with Crippen molar-refractivity contribution in [3.8, 4) is 0 Å². The fraction of sp³-hybridized carbons (Fsp3) is 0.562. The number of nitrogens with zero attached hydrogens (tertiary/aromatic N) is 1. The predicted molar refractivity (Wildman–Crippen MR) is 84.0 cm³/mol. The summed E-state index contributed by atoms with van der Waals surface area (Å²) >= 11 is 0. The van der Waals surface area contributed by atoms with Gasteiger partial charge >= 0.3 is 6.18 Å². The number of benzene rings is 1. The molecule has 0 unspecified atom stereocenters. The van der Waals surface area contributed by atoms with E-state index in [-0.39, 0.29) is 6.54 Å². The maximum atomic E-state index is 12.0. The quantitative estimate of drug-likeness (QED) is 0.437. The Morgan fingerprint density at radius 3 is 2.32 bits per heavy atom. The van der Waals surface area contributed by atoms with Crippen molar-refractivity contribution in [2.75, 3.05) is 20.1 Å². The summed E-state index contributed by atoms with van der Waals surface area (Å²) < 4.78 is 36.1. The van der Waals surface area contributed by atoms with Crippen LogP contribution in [0.1, 0.15) is 31.2 Å². The second-order valence-corrected chi connectivity index (χ2v) is 5.09. The maximum Gasteiger partial charge on any atom is 0.390 e. The molecule has 0 atom stereocenters. The number of guanidine groups is 1. The molecule has 22 heavy (non-hydrogen) atoms. The van der Waals surface area contributed by atoms with Gasteiger partial charge in [0.15, 0.2) is 5.96 Å². The van der Waals surface area contributed by atoms with Gasteiger partial charge in [-0.05, 0) is 24.8 Å². The van der Waals surface area contributed by atoms with Crippen LogP contribution in [-0.2, 0) is 6.42 Å². The normalized spacial score (nSPS) is 12.3. The van der Waals surface area contributed by atoms with Gasteiger partial charge in [0.2, 0.25) is 0 Å². The Labute approximate surface area is 130 Å². The van der Waals surface area contributed by atoms with Gasteiger partial charge in [-0.15, -0.1) is 0 Å². The zero-order valence-electron chi connectivity index (χ0n) is 12.9. The monoisotopic (exact) mass is 315 g/mol. The summed E-state index contributed by atoms with van der Waals surface area (Å²) in [4.78, 5) is 3.90. The lowest BCUT2D eigenvalue weighted by Crippen LogP contribution is -2.39. The van der Waals surface area contributed by atoms with E-state index >= 15 is 0 Å². The zero-order chi connectivity index (χ0) is 16.3. The molecule has 6 heteroatoms. The molecule has 0 saturated heterocycles. The molecule has 1 rings (SSSR count). The zero-order valence-corrected chi connectivity index (χ0v) is 12.9. The van der Waals surface area contributed by atoms with Crippen LogP contribution in [0.5, 0.6) is 0 Å². The fourth-order valence-electron chi connectivity index (χ4n) is 2.03. The average Bonchev–Trinajstić information content (AvgIpc) is 2.48. The van der Waals surface area contributed by atoms with Crippen LogP contribution in [0.25, 0.3) is 0 Å². The number of hydrogen-bond acceptors (Lipinski definition) is 1. The van der Waals surface area contributed by atoms with E-state index in [1.807, 2.05) is 18.2 Å². The highest BCUT2D eigenvalue weighted by molar-refractivity contribution is 5.79. The third kappa shape index (κ3) is 9.26. The van der Waals surface area contributed by atoms with E-state index in [0.717, 1.165) is 25.7 Å². The number of alkyl halides is 3. The standard InChI is InChI=1S/C16H24F3N3/c1-20-15(22-13-11-16(17,18)19)21-12-7-3-6-10-14-8-4-2-5-9-14/h2,4-5,8-9H,3,6-7,10-13H2,1H3,(H2,20,21,22). The predicted octanol–water partition coefficient (Wildman–Crippen LogP) is 3.52. The van der Waals surface area contributed by atoms with E-state index in [1.165, 1.54) is 5.56 Å². The number of halogens is 3. The van der Waals surface area contributed by atoms with Gasteiger partial charge < -0.3 is 10.6 Å². The second-order valence-electron chi connectivity index (χ2n) is 5.09. The van der Waals surface area contributed by atoms with Gasteiger partial charge in [-0.2, -0.15) is 13.2 Å². The number of nitrogens with one attached hydrogen (secondary N) is 2. The lowest BCUT2D eigenvalue weighted by molar-refractivity contribution is -0.132. The van der Waals surface area contributed by atoms with Crippen LogP contribution in [0, 0.1) is 0 Å². The molecule has 0 spiro atoms. The lowest BCUT2D eigenvalue weighted by atomic mass is 10.1. The Morgan fingerprint density at radius 1 is 1.00 bits per heavy atom. The van der Waals surface area contributed by atoms with Crippen LogP contribution in [0.15, 0.2) is 35.3 Å². The first-order chi connectivity index (χ1) is 10.5. The van der Waals surface area contributed by atoms with Crippen molar-refractivity contribution >= 4 is 5.96 Å². The van der Waals surface area contributed by atoms with Crippen molar-refractivity contribution in [3.63, 3.8) is 0 Å². The second kappa shape index (κ2) is 10.1. The highest BCUT2D eigenvalue weighted by Crippen LogP contribution is 2.18.